The van der Waals surface area contributed by atoms with Crippen molar-refractivity contribution in [3.63, 3.8) is 0 Å². The van der Waals surface area contributed by atoms with Crippen molar-refractivity contribution in [2.75, 3.05) is 5.32 Å². The van der Waals surface area contributed by atoms with Crippen molar-refractivity contribution in [1.29, 1.82) is 0 Å². The number of hydrogen-bond donors (Lipinski definition) is 1. The van der Waals surface area contributed by atoms with E-state index in [9.17, 15) is 0 Å². The maximum atomic E-state index is 4.37. The molecule has 0 spiro atoms. The van der Waals surface area contributed by atoms with Crippen molar-refractivity contribution >= 4 is 5.69 Å². The summed E-state index contributed by atoms with van der Waals surface area (Å²) in [5, 5.41) is 7.61. The third-order valence-electron chi connectivity index (χ3n) is 2.88. The molecule has 0 atom stereocenters. The molecule has 3 aromatic rings. The van der Waals surface area contributed by atoms with Crippen molar-refractivity contribution in [2.24, 2.45) is 7.05 Å². The van der Waals surface area contributed by atoms with Crippen molar-refractivity contribution < 1.29 is 0 Å². The molecule has 5 nitrogen and oxygen atoms in total. The molecule has 0 aliphatic rings. The maximum Gasteiger partial charge on any atom is 0.176 e. The first-order valence-electron chi connectivity index (χ1n) is 6.13. The lowest BCUT2D eigenvalue weighted by atomic mass is 10.3. The monoisotopic (exact) mass is 253 g/mol. The second kappa shape index (κ2) is 4.97. The van der Waals surface area contributed by atoms with Gasteiger partial charge in [-0.15, -0.1) is 0 Å². The Balaban J connectivity index is 1.81. The highest BCUT2D eigenvalue weighted by Gasteiger charge is 2.05. The number of nitrogens with one attached hydrogen (secondary N) is 1. The van der Waals surface area contributed by atoms with Crippen LogP contribution in [0.3, 0.4) is 0 Å². The van der Waals surface area contributed by atoms with Gasteiger partial charge in [0.25, 0.3) is 0 Å². The summed E-state index contributed by atoms with van der Waals surface area (Å²) in [6, 6.07) is 7.90. The summed E-state index contributed by atoms with van der Waals surface area (Å²) in [5.74, 6) is 0.809. The van der Waals surface area contributed by atoms with Gasteiger partial charge in [-0.25, -0.2) is 9.67 Å². The first-order valence-corrected chi connectivity index (χ1v) is 6.13. The Bertz CT molecular complexity index is 654. The molecule has 0 aromatic carbocycles. The lowest BCUT2D eigenvalue weighted by molar-refractivity contribution is 0.846. The highest BCUT2D eigenvalue weighted by molar-refractivity contribution is 5.56. The van der Waals surface area contributed by atoms with Gasteiger partial charge in [-0.1, -0.05) is 0 Å². The summed E-state index contributed by atoms with van der Waals surface area (Å²) < 4.78 is 3.79. The number of hydrogen-bond acceptors (Lipinski definition) is 3. The average Bonchev–Trinajstić information content (AvgIpc) is 3.08. The van der Waals surface area contributed by atoms with Crippen LogP contribution in [-0.2, 0) is 13.6 Å². The van der Waals surface area contributed by atoms with Gasteiger partial charge < -0.3 is 9.88 Å². The van der Waals surface area contributed by atoms with E-state index in [1.165, 1.54) is 5.56 Å². The highest BCUT2D eigenvalue weighted by atomic mass is 15.3. The Kier molecular flexibility index (Phi) is 3.02. The first-order chi connectivity index (χ1) is 9.33. The van der Waals surface area contributed by atoms with Gasteiger partial charge in [0.2, 0.25) is 0 Å². The standard InChI is InChI=1S/C14H15N5/c1-18-9-5-12(11-18)10-16-13-4-2-6-15-14(13)19-8-3-7-17-19/h2-9,11,16H,10H2,1H3. The van der Waals surface area contributed by atoms with E-state index >= 15 is 0 Å². The molecule has 3 rings (SSSR count). The van der Waals surface area contributed by atoms with Crippen LogP contribution in [-0.4, -0.2) is 19.3 Å². The summed E-state index contributed by atoms with van der Waals surface area (Å²) in [6.45, 7) is 0.765. The van der Waals surface area contributed by atoms with Crippen molar-refractivity contribution in [3.05, 3.63) is 60.8 Å². The van der Waals surface area contributed by atoms with Crippen LogP contribution < -0.4 is 5.32 Å². The van der Waals surface area contributed by atoms with Crippen molar-refractivity contribution in [3.8, 4) is 5.82 Å². The summed E-state index contributed by atoms with van der Waals surface area (Å²) >= 11 is 0. The normalized spacial score (nSPS) is 10.6. The van der Waals surface area contributed by atoms with Gasteiger partial charge in [0.05, 0.1) is 5.69 Å². The molecule has 5 heteroatoms. The average molecular weight is 253 g/mol. The number of aromatic nitrogens is 4. The predicted molar refractivity (Wildman–Crippen MR) is 74.1 cm³/mol. The van der Waals surface area contributed by atoms with Gasteiger partial charge in [0, 0.05) is 44.6 Å². The molecule has 0 saturated carbocycles. The molecule has 19 heavy (non-hydrogen) atoms. The number of rotatable bonds is 4. The summed E-state index contributed by atoms with van der Waals surface area (Å²) in [4.78, 5) is 4.37. The van der Waals surface area contributed by atoms with E-state index in [0.717, 1.165) is 18.1 Å². The van der Waals surface area contributed by atoms with Gasteiger partial charge in [-0.05, 0) is 29.8 Å². The third kappa shape index (κ3) is 2.49. The van der Waals surface area contributed by atoms with Crippen molar-refractivity contribution in [1.82, 2.24) is 19.3 Å². The van der Waals surface area contributed by atoms with Crippen LogP contribution in [0.1, 0.15) is 5.56 Å². The zero-order valence-electron chi connectivity index (χ0n) is 10.7. The van der Waals surface area contributed by atoms with Gasteiger partial charge in [0.15, 0.2) is 5.82 Å². The molecule has 0 aliphatic carbocycles. The molecule has 1 N–H and O–H groups in total. The minimum atomic E-state index is 0.765. The third-order valence-corrected chi connectivity index (χ3v) is 2.88. The van der Waals surface area contributed by atoms with Gasteiger partial charge in [-0.2, -0.15) is 5.10 Å². The zero-order valence-corrected chi connectivity index (χ0v) is 10.7. The lowest BCUT2D eigenvalue weighted by Gasteiger charge is -2.10. The molecule has 0 unspecified atom stereocenters. The van der Waals surface area contributed by atoms with E-state index in [1.807, 2.05) is 42.2 Å². The zero-order chi connectivity index (χ0) is 13.1. The Morgan fingerprint density at radius 1 is 1.16 bits per heavy atom. The van der Waals surface area contributed by atoms with E-state index in [2.05, 4.69) is 27.7 Å². The van der Waals surface area contributed by atoms with E-state index in [4.69, 9.17) is 0 Å². The van der Waals surface area contributed by atoms with E-state index in [-0.39, 0.29) is 0 Å². The molecule has 96 valence electrons. The van der Waals surface area contributed by atoms with Gasteiger partial charge in [-0.3, -0.25) is 0 Å². The fourth-order valence-corrected chi connectivity index (χ4v) is 1.97. The fraction of sp³-hybridized carbons (Fsp3) is 0.143. The molecule has 3 heterocycles. The first kappa shape index (κ1) is 11.5. The Morgan fingerprint density at radius 3 is 2.84 bits per heavy atom. The number of pyridine rings is 1. The van der Waals surface area contributed by atoms with Crippen LogP contribution in [0.15, 0.2) is 55.2 Å². The quantitative estimate of drug-likeness (QED) is 0.775. The minimum absolute atomic E-state index is 0.765. The maximum absolute atomic E-state index is 4.37. The molecular formula is C14H15N5. The largest absolute Gasteiger partial charge is 0.378 e. The SMILES string of the molecule is Cn1ccc(CNc2cccnc2-n2cccn2)c1. The molecule has 0 radical (unpaired) electrons. The molecule has 0 bridgehead atoms. The Morgan fingerprint density at radius 2 is 2.11 bits per heavy atom. The molecular weight excluding hydrogens is 238 g/mol. The molecule has 0 aliphatic heterocycles. The predicted octanol–water partition coefficient (Wildman–Crippen LogP) is 2.22. The molecule has 3 aromatic heterocycles. The van der Waals surface area contributed by atoms with Gasteiger partial charge in [0.1, 0.15) is 0 Å². The van der Waals surface area contributed by atoms with E-state index < -0.39 is 0 Å². The summed E-state index contributed by atoms with van der Waals surface area (Å²) in [5.41, 5.74) is 2.20. The fourth-order valence-electron chi connectivity index (χ4n) is 1.97. The lowest BCUT2D eigenvalue weighted by Crippen LogP contribution is -2.06. The van der Waals surface area contributed by atoms with Crippen LogP contribution in [0.2, 0.25) is 0 Å². The second-order valence-corrected chi connectivity index (χ2v) is 4.36. The van der Waals surface area contributed by atoms with E-state index in [0.29, 0.717) is 0 Å². The summed E-state index contributed by atoms with van der Waals surface area (Å²) in [6.07, 6.45) is 9.53. The number of aryl methyl sites for hydroxylation is 1. The van der Waals surface area contributed by atoms with E-state index in [1.54, 1.807) is 17.1 Å². The van der Waals surface area contributed by atoms with Crippen LogP contribution in [0.5, 0.6) is 0 Å². The smallest absolute Gasteiger partial charge is 0.176 e. The molecule has 0 fully saturated rings. The molecule has 0 amide bonds. The Hall–Kier alpha value is -2.56. The molecule has 0 saturated heterocycles. The summed E-state index contributed by atoms with van der Waals surface area (Å²) in [7, 11) is 2.02. The van der Waals surface area contributed by atoms with Crippen LogP contribution in [0.4, 0.5) is 5.69 Å². The number of nitrogens with zero attached hydrogens (tertiary/aromatic N) is 4. The van der Waals surface area contributed by atoms with Crippen LogP contribution in [0, 0.1) is 0 Å². The van der Waals surface area contributed by atoms with Crippen LogP contribution >= 0.6 is 0 Å². The Labute approximate surface area is 111 Å². The topological polar surface area (TPSA) is 47.7 Å². The number of anilines is 1. The van der Waals surface area contributed by atoms with Gasteiger partial charge >= 0.3 is 0 Å². The van der Waals surface area contributed by atoms with Crippen LogP contribution in [0.25, 0.3) is 5.82 Å². The second-order valence-electron chi connectivity index (χ2n) is 4.36. The van der Waals surface area contributed by atoms with Crippen molar-refractivity contribution in [2.45, 2.75) is 6.54 Å². The highest BCUT2D eigenvalue weighted by Crippen LogP contribution is 2.17. The minimum Gasteiger partial charge on any atom is -0.378 e.